The first-order valence-electron chi connectivity index (χ1n) is 5.15. The van der Waals surface area contributed by atoms with E-state index in [9.17, 15) is 0 Å². The zero-order valence-electron chi connectivity index (χ0n) is 9.30. The van der Waals surface area contributed by atoms with Crippen molar-refractivity contribution in [2.24, 2.45) is 5.41 Å². The second-order valence-electron chi connectivity index (χ2n) is 4.82. The van der Waals surface area contributed by atoms with Crippen molar-refractivity contribution in [3.05, 3.63) is 33.8 Å². The topological polar surface area (TPSA) is 18.5 Å². The molecule has 2 rings (SSSR count). The fourth-order valence-corrected chi connectivity index (χ4v) is 2.14. The molecule has 1 fully saturated rings. The highest BCUT2D eigenvalue weighted by molar-refractivity contribution is 6.34. The normalized spacial score (nSPS) is 21.0. The Balaban J connectivity index is 2.14. The van der Waals surface area contributed by atoms with Gasteiger partial charge in [0.1, 0.15) is 0 Å². The Morgan fingerprint density at radius 3 is 2.06 bits per heavy atom. The zero-order chi connectivity index (χ0) is 11.8. The van der Waals surface area contributed by atoms with Crippen molar-refractivity contribution in [2.75, 3.05) is 13.2 Å². The van der Waals surface area contributed by atoms with Crippen molar-refractivity contribution >= 4 is 23.2 Å². The van der Waals surface area contributed by atoms with E-state index >= 15 is 0 Å². The summed E-state index contributed by atoms with van der Waals surface area (Å²) in [6.07, 6.45) is -0.357. The molecular formula is C12H14Cl2O2. The lowest BCUT2D eigenvalue weighted by atomic mass is 9.95. The molecule has 0 bridgehead atoms. The van der Waals surface area contributed by atoms with Crippen LogP contribution in [0.4, 0.5) is 0 Å². The Morgan fingerprint density at radius 2 is 1.56 bits per heavy atom. The maximum absolute atomic E-state index is 5.93. The van der Waals surface area contributed by atoms with Crippen LogP contribution in [-0.4, -0.2) is 13.2 Å². The van der Waals surface area contributed by atoms with E-state index in [0.717, 1.165) is 5.56 Å². The number of rotatable bonds is 1. The summed E-state index contributed by atoms with van der Waals surface area (Å²) in [6.45, 7) is 5.55. The van der Waals surface area contributed by atoms with Crippen LogP contribution in [0.15, 0.2) is 18.2 Å². The first kappa shape index (κ1) is 12.2. The second-order valence-corrected chi connectivity index (χ2v) is 5.69. The summed E-state index contributed by atoms with van der Waals surface area (Å²) in [4.78, 5) is 0. The molecule has 1 aliphatic heterocycles. The van der Waals surface area contributed by atoms with E-state index in [4.69, 9.17) is 32.7 Å². The molecule has 0 atom stereocenters. The van der Waals surface area contributed by atoms with Gasteiger partial charge in [-0.1, -0.05) is 37.0 Å². The lowest BCUT2D eigenvalue weighted by Gasteiger charge is -2.34. The van der Waals surface area contributed by atoms with Crippen molar-refractivity contribution in [3.63, 3.8) is 0 Å². The molecule has 1 aromatic rings. The smallest absolute Gasteiger partial charge is 0.183 e. The number of hydrogen-bond donors (Lipinski definition) is 0. The van der Waals surface area contributed by atoms with Gasteiger partial charge in [0.25, 0.3) is 0 Å². The van der Waals surface area contributed by atoms with E-state index in [-0.39, 0.29) is 11.7 Å². The van der Waals surface area contributed by atoms with Gasteiger partial charge < -0.3 is 9.47 Å². The van der Waals surface area contributed by atoms with E-state index in [1.54, 1.807) is 6.07 Å². The van der Waals surface area contributed by atoms with E-state index in [0.29, 0.717) is 23.3 Å². The molecule has 1 heterocycles. The van der Waals surface area contributed by atoms with Gasteiger partial charge in [-0.25, -0.2) is 0 Å². The van der Waals surface area contributed by atoms with E-state index in [1.807, 2.05) is 12.1 Å². The molecule has 0 N–H and O–H groups in total. The molecule has 88 valence electrons. The average molecular weight is 261 g/mol. The molecule has 0 unspecified atom stereocenters. The van der Waals surface area contributed by atoms with Gasteiger partial charge in [0.15, 0.2) is 6.29 Å². The Morgan fingerprint density at radius 1 is 1.06 bits per heavy atom. The molecule has 0 radical (unpaired) electrons. The van der Waals surface area contributed by atoms with Gasteiger partial charge in [0, 0.05) is 21.0 Å². The number of halogens is 2. The van der Waals surface area contributed by atoms with Gasteiger partial charge in [-0.05, 0) is 18.2 Å². The van der Waals surface area contributed by atoms with E-state index < -0.39 is 0 Å². The molecule has 1 aromatic carbocycles. The predicted molar refractivity (Wildman–Crippen MR) is 64.9 cm³/mol. The van der Waals surface area contributed by atoms with Crippen LogP contribution in [0.2, 0.25) is 10.0 Å². The summed E-state index contributed by atoms with van der Waals surface area (Å²) in [6, 6.07) is 5.33. The summed E-state index contributed by atoms with van der Waals surface area (Å²) in [5, 5.41) is 1.19. The Labute approximate surface area is 105 Å². The highest BCUT2D eigenvalue weighted by atomic mass is 35.5. The van der Waals surface area contributed by atoms with Crippen LogP contribution in [-0.2, 0) is 9.47 Å². The molecule has 0 saturated carbocycles. The lowest BCUT2D eigenvalue weighted by molar-refractivity contribution is -0.226. The molecule has 1 aliphatic rings. The largest absolute Gasteiger partial charge is 0.348 e. The van der Waals surface area contributed by atoms with Crippen molar-refractivity contribution in [2.45, 2.75) is 20.1 Å². The van der Waals surface area contributed by atoms with Gasteiger partial charge in [-0.15, -0.1) is 0 Å². The van der Waals surface area contributed by atoms with Crippen LogP contribution < -0.4 is 0 Å². The molecule has 4 heteroatoms. The second kappa shape index (κ2) is 4.53. The van der Waals surface area contributed by atoms with Gasteiger partial charge in [0.05, 0.1) is 13.2 Å². The third-order valence-electron chi connectivity index (χ3n) is 2.41. The summed E-state index contributed by atoms with van der Waals surface area (Å²) < 4.78 is 11.3. The SMILES string of the molecule is CC1(C)COC(c2cc(Cl)cc(Cl)c2)OC1. The zero-order valence-corrected chi connectivity index (χ0v) is 10.8. The van der Waals surface area contributed by atoms with Crippen LogP contribution in [0.5, 0.6) is 0 Å². The number of ether oxygens (including phenoxy) is 2. The Kier molecular flexibility index (Phi) is 3.45. The first-order valence-corrected chi connectivity index (χ1v) is 5.91. The number of hydrogen-bond acceptors (Lipinski definition) is 2. The molecule has 1 saturated heterocycles. The van der Waals surface area contributed by atoms with Crippen LogP contribution in [0, 0.1) is 5.41 Å². The maximum Gasteiger partial charge on any atom is 0.183 e. The van der Waals surface area contributed by atoms with Gasteiger partial charge in [0.2, 0.25) is 0 Å². The number of benzene rings is 1. The molecular weight excluding hydrogens is 247 g/mol. The van der Waals surface area contributed by atoms with Crippen LogP contribution >= 0.6 is 23.2 Å². The van der Waals surface area contributed by atoms with E-state index in [1.165, 1.54) is 0 Å². The molecule has 0 amide bonds. The quantitative estimate of drug-likeness (QED) is 0.758. The average Bonchev–Trinajstić information content (AvgIpc) is 2.15. The minimum Gasteiger partial charge on any atom is -0.348 e. The Bertz CT molecular complexity index is 360. The maximum atomic E-state index is 5.93. The van der Waals surface area contributed by atoms with Crippen molar-refractivity contribution in [3.8, 4) is 0 Å². The molecule has 0 aromatic heterocycles. The highest BCUT2D eigenvalue weighted by Crippen LogP contribution is 2.33. The molecule has 2 nitrogen and oxygen atoms in total. The molecule has 0 spiro atoms. The fraction of sp³-hybridized carbons (Fsp3) is 0.500. The van der Waals surface area contributed by atoms with Gasteiger partial charge >= 0.3 is 0 Å². The van der Waals surface area contributed by atoms with Crippen molar-refractivity contribution in [1.29, 1.82) is 0 Å². The van der Waals surface area contributed by atoms with Gasteiger partial charge in [-0.2, -0.15) is 0 Å². The van der Waals surface area contributed by atoms with Gasteiger partial charge in [-0.3, -0.25) is 0 Å². The minimum atomic E-state index is -0.357. The predicted octanol–water partition coefficient (Wildman–Crippen LogP) is 4.07. The summed E-state index contributed by atoms with van der Waals surface area (Å²) in [5.74, 6) is 0. The highest BCUT2D eigenvalue weighted by Gasteiger charge is 2.29. The van der Waals surface area contributed by atoms with Crippen molar-refractivity contribution < 1.29 is 9.47 Å². The standard InChI is InChI=1S/C12H14Cl2O2/c1-12(2)6-15-11(16-7-12)8-3-9(13)5-10(14)4-8/h3-5,11H,6-7H2,1-2H3. The van der Waals surface area contributed by atoms with Crippen LogP contribution in [0.1, 0.15) is 25.7 Å². The monoisotopic (exact) mass is 260 g/mol. The molecule has 16 heavy (non-hydrogen) atoms. The lowest BCUT2D eigenvalue weighted by Crippen LogP contribution is -2.33. The first-order chi connectivity index (χ1) is 7.46. The summed E-state index contributed by atoms with van der Waals surface area (Å²) in [5.41, 5.74) is 0.937. The van der Waals surface area contributed by atoms with Crippen molar-refractivity contribution in [1.82, 2.24) is 0 Å². The molecule has 0 aliphatic carbocycles. The minimum absolute atomic E-state index is 0.0683. The summed E-state index contributed by atoms with van der Waals surface area (Å²) >= 11 is 11.9. The fourth-order valence-electron chi connectivity index (χ4n) is 1.60. The van der Waals surface area contributed by atoms with E-state index in [2.05, 4.69) is 13.8 Å². The Hall–Kier alpha value is -0.280. The third kappa shape index (κ3) is 2.89. The summed E-state index contributed by atoms with van der Waals surface area (Å²) in [7, 11) is 0. The van der Waals surface area contributed by atoms with Crippen LogP contribution in [0.25, 0.3) is 0 Å². The third-order valence-corrected chi connectivity index (χ3v) is 2.84. The van der Waals surface area contributed by atoms with Crippen LogP contribution in [0.3, 0.4) is 0 Å².